The zero-order chi connectivity index (χ0) is 45.3. The summed E-state index contributed by atoms with van der Waals surface area (Å²) in [6, 6.07) is 16.2. The number of aryl methyl sites for hydroxylation is 1. The summed E-state index contributed by atoms with van der Waals surface area (Å²) in [6.45, 7) is 16.4. The lowest BCUT2D eigenvalue weighted by atomic mass is 9.84. The predicted molar refractivity (Wildman–Crippen MR) is 245 cm³/mol. The number of hydrazine groups is 1. The number of pyridine rings is 1. The van der Waals surface area contributed by atoms with Gasteiger partial charge in [-0.05, 0) is 91.1 Å². The number of hydrogen-bond acceptors (Lipinski definition) is 10. The SMILES string of the molecule is C=C(C)[C@@H](C(=O)N[C@H]1Cc2cccc(c2)-c2ccc3c(c2)c(c(-c2cnccc2COC)n3CC)CC(C)(C)COC(=O)[C@@H]2CCCN(N2)C1=O)N(C)C(=O)CCN=C=NCCC. The van der Waals surface area contributed by atoms with Crippen molar-refractivity contribution in [3.05, 3.63) is 89.8 Å². The molecule has 2 aliphatic rings. The van der Waals surface area contributed by atoms with Gasteiger partial charge in [-0.15, -0.1) is 0 Å². The standard InChI is InChI=1S/C49H62N8O6/c1-9-20-51-31-52-22-19-43(58)55(7)44(32(3)4)46(59)53-41-25-33-13-11-14-34(24-33)35-16-17-42-37(26-35)38(45(56(42)10-2)39-28-50-21-18-36(39)29-62-8)27-49(5,6)30-63-48(61)40-15-12-23-57(54-40)47(41)60/h11,13-14,16-18,21,24,26,28,40-41,44,54H,3,9-10,12,15,19-20,22-23,25,27,29-30H2,1-2,4-8H3,(H,53,59)/t40-,41-,44-/m0/s1. The molecule has 2 N–H and O–H groups in total. The van der Waals surface area contributed by atoms with Gasteiger partial charge in [0.15, 0.2) is 0 Å². The summed E-state index contributed by atoms with van der Waals surface area (Å²) in [4.78, 5) is 70.0. The second kappa shape index (κ2) is 20.9. The van der Waals surface area contributed by atoms with Gasteiger partial charge in [0.25, 0.3) is 5.91 Å². The number of aliphatic imine (C=N–C) groups is 2. The third-order valence-electron chi connectivity index (χ3n) is 11.7. The van der Waals surface area contributed by atoms with E-state index in [9.17, 15) is 19.2 Å². The normalized spacial score (nSPS) is 18.1. The Morgan fingerprint density at radius 2 is 1.90 bits per heavy atom. The second-order valence-corrected chi connectivity index (χ2v) is 17.4. The van der Waals surface area contributed by atoms with E-state index < -0.39 is 41.3 Å². The fourth-order valence-electron chi connectivity index (χ4n) is 8.56. The highest BCUT2D eigenvalue weighted by Crippen LogP contribution is 2.41. The van der Waals surface area contributed by atoms with Crippen LogP contribution in [0.25, 0.3) is 33.3 Å². The van der Waals surface area contributed by atoms with Crippen LogP contribution in [0.3, 0.4) is 0 Å². The number of ether oxygens (including phenoxy) is 2. The van der Waals surface area contributed by atoms with Crippen molar-refractivity contribution >= 4 is 40.6 Å². The summed E-state index contributed by atoms with van der Waals surface area (Å²) in [5.41, 5.74) is 11.1. The van der Waals surface area contributed by atoms with Crippen LogP contribution in [0.4, 0.5) is 0 Å². The molecule has 6 bridgehead atoms. The highest BCUT2D eigenvalue weighted by atomic mass is 16.5. The molecule has 1 saturated heterocycles. The first-order valence-electron chi connectivity index (χ1n) is 22.0. The van der Waals surface area contributed by atoms with Crippen LogP contribution < -0.4 is 10.7 Å². The van der Waals surface area contributed by atoms with Gasteiger partial charge in [-0.3, -0.25) is 29.2 Å². The van der Waals surface area contributed by atoms with Crippen molar-refractivity contribution in [1.82, 2.24) is 30.2 Å². The topological polar surface area (TPSA) is 160 Å². The van der Waals surface area contributed by atoms with E-state index in [4.69, 9.17) is 9.47 Å². The van der Waals surface area contributed by atoms with E-state index in [2.05, 4.69) is 87.9 Å². The minimum absolute atomic E-state index is 0.0415. The molecule has 0 aliphatic carbocycles. The Hall–Kier alpha value is -5.95. The zero-order valence-corrected chi connectivity index (χ0v) is 37.8. The molecule has 14 nitrogen and oxygen atoms in total. The molecule has 3 atom stereocenters. The summed E-state index contributed by atoms with van der Waals surface area (Å²) >= 11 is 0. The first-order chi connectivity index (χ1) is 30.3. The summed E-state index contributed by atoms with van der Waals surface area (Å²) in [7, 11) is 3.24. The zero-order valence-electron chi connectivity index (χ0n) is 37.8. The molecular formula is C49H62N8O6. The van der Waals surface area contributed by atoms with Gasteiger partial charge in [0, 0.05) is 80.9 Å². The average Bonchev–Trinajstić information content (AvgIpc) is 3.57. The number of benzene rings is 2. The Morgan fingerprint density at radius 1 is 1.13 bits per heavy atom. The number of carbonyl (C=O) groups excluding carboxylic acids is 4. The van der Waals surface area contributed by atoms with Crippen molar-refractivity contribution in [2.45, 2.75) is 104 Å². The third kappa shape index (κ3) is 11.0. The largest absolute Gasteiger partial charge is 0.464 e. The number of esters is 1. The average molecular weight is 859 g/mol. The van der Waals surface area contributed by atoms with Crippen LogP contribution in [-0.4, -0.2) is 108 Å². The molecule has 0 unspecified atom stereocenters. The molecule has 6 rings (SSSR count). The lowest BCUT2D eigenvalue weighted by Crippen LogP contribution is -2.61. The van der Waals surface area contributed by atoms with Crippen molar-refractivity contribution in [2.75, 3.05) is 40.4 Å². The van der Waals surface area contributed by atoms with E-state index in [-0.39, 0.29) is 31.9 Å². The van der Waals surface area contributed by atoms with Crippen LogP contribution in [0.1, 0.15) is 77.0 Å². The van der Waals surface area contributed by atoms with Gasteiger partial charge in [0.05, 0.1) is 31.5 Å². The van der Waals surface area contributed by atoms with E-state index in [1.54, 1.807) is 27.3 Å². The Labute approximate surface area is 370 Å². The Kier molecular flexibility index (Phi) is 15.5. The summed E-state index contributed by atoms with van der Waals surface area (Å²) in [5, 5.41) is 5.49. The Morgan fingerprint density at radius 3 is 2.65 bits per heavy atom. The molecule has 4 heterocycles. The van der Waals surface area contributed by atoms with Crippen molar-refractivity contribution in [1.29, 1.82) is 0 Å². The van der Waals surface area contributed by atoms with E-state index in [0.29, 0.717) is 51.1 Å². The molecule has 0 radical (unpaired) electrons. The van der Waals surface area contributed by atoms with Gasteiger partial charge >= 0.3 is 5.97 Å². The Bertz CT molecular complexity index is 2400. The van der Waals surface area contributed by atoms with E-state index in [0.717, 1.165) is 56.4 Å². The molecule has 14 heteroatoms. The van der Waals surface area contributed by atoms with Gasteiger partial charge < -0.3 is 24.3 Å². The molecule has 63 heavy (non-hydrogen) atoms. The number of aromatic nitrogens is 2. The summed E-state index contributed by atoms with van der Waals surface area (Å²) in [6.07, 6.45) is 6.35. The van der Waals surface area contributed by atoms with Crippen LogP contribution in [0.5, 0.6) is 0 Å². The molecule has 2 aliphatic heterocycles. The maximum Gasteiger partial charge on any atom is 0.324 e. The fourth-order valence-corrected chi connectivity index (χ4v) is 8.56. The number of fused-ring (bicyclic) bond motifs is 6. The number of cyclic esters (lactones) is 1. The van der Waals surface area contributed by atoms with Crippen LogP contribution in [0.15, 0.2) is 83.1 Å². The number of amides is 3. The number of hydrogen-bond donors (Lipinski definition) is 2. The number of nitrogens with one attached hydrogen (secondary N) is 2. The Balaban J connectivity index is 1.41. The molecule has 4 aromatic rings. The van der Waals surface area contributed by atoms with Crippen molar-refractivity contribution in [3.63, 3.8) is 0 Å². The van der Waals surface area contributed by atoms with Crippen molar-refractivity contribution in [2.24, 2.45) is 15.4 Å². The molecule has 0 saturated carbocycles. The summed E-state index contributed by atoms with van der Waals surface area (Å²) < 4.78 is 14.1. The van der Waals surface area contributed by atoms with Crippen LogP contribution >= 0.6 is 0 Å². The molecular weight excluding hydrogens is 797 g/mol. The number of carbonyl (C=O) groups is 4. The van der Waals surface area contributed by atoms with Gasteiger partial charge in [0.2, 0.25) is 11.8 Å². The van der Waals surface area contributed by atoms with Gasteiger partial charge in [-0.1, -0.05) is 57.7 Å². The summed E-state index contributed by atoms with van der Waals surface area (Å²) in [5.74, 6) is -1.73. The van der Waals surface area contributed by atoms with E-state index >= 15 is 0 Å². The minimum Gasteiger partial charge on any atom is -0.464 e. The predicted octanol–water partition coefficient (Wildman–Crippen LogP) is 6.56. The second-order valence-electron chi connectivity index (χ2n) is 17.4. The molecule has 1 fully saturated rings. The number of rotatable bonds is 13. The molecule has 2 aromatic carbocycles. The van der Waals surface area contributed by atoms with Crippen LogP contribution in [0, 0.1) is 5.41 Å². The van der Waals surface area contributed by atoms with Gasteiger partial charge in [-0.2, -0.15) is 0 Å². The quantitative estimate of drug-likeness (QED) is 0.0869. The van der Waals surface area contributed by atoms with Crippen LogP contribution in [-0.2, 0) is 54.6 Å². The maximum absolute atomic E-state index is 14.6. The van der Waals surface area contributed by atoms with Crippen LogP contribution in [0.2, 0.25) is 0 Å². The third-order valence-corrected chi connectivity index (χ3v) is 11.7. The van der Waals surface area contributed by atoms with Crippen molar-refractivity contribution < 1.29 is 28.7 Å². The molecule has 334 valence electrons. The fraction of sp³-hybridized carbons (Fsp3) is 0.469. The maximum atomic E-state index is 14.6. The van der Waals surface area contributed by atoms with Gasteiger partial charge in [0.1, 0.15) is 18.1 Å². The molecule has 2 aromatic heterocycles. The minimum atomic E-state index is -1.06. The number of methoxy groups -OCH3 is 1. The highest BCUT2D eigenvalue weighted by Gasteiger charge is 2.37. The first kappa shape index (κ1) is 46.6. The van der Waals surface area contributed by atoms with E-state index in [1.807, 2.05) is 37.4 Å². The van der Waals surface area contributed by atoms with Crippen molar-refractivity contribution in [3.8, 4) is 22.4 Å². The number of likely N-dealkylation sites (N-methyl/N-ethyl adjacent to an activating group) is 1. The first-order valence-corrected chi connectivity index (χ1v) is 22.0. The highest BCUT2D eigenvalue weighted by molar-refractivity contribution is 5.96. The van der Waals surface area contributed by atoms with E-state index in [1.165, 1.54) is 9.91 Å². The van der Waals surface area contributed by atoms with Gasteiger partial charge in [-0.25, -0.2) is 15.4 Å². The number of nitrogens with zero attached hydrogens (tertiary/aromatic N) is 6. The smallest absolute Gasteiger partial charge is 0.324 e. The molecule has 0 spiro atoms. The molecule has 3 amide bonds. The monoisotopic (exact) mass is 858 g/mol. The lowest BCUT2D eigenvalue weighted by molar-refractivity contribution is -0.155. The lowest BCUT2D eigenvalue weighted by Gasteiger charge is -2.36.